The lowest BCUT2D eigenvalue weighted by Gasteiger charge is -2.32. The molecule has 2 aromatic rings. The molecule has 29 heavy (non-hydrogen) atoms. The second-order valence-electron chi connectivity index (χ2n) is 6.56. The van der Waals surface area contributed by atoms with Crippen molar-refractivity contribution in [2.45, 2.75) is 25.5 Å². The third-order valence-electron chi connectivity index (χ3n) is 4.63. The van der Waals surface area contributed by atoms with Gasteiger partial charge in [0.15, 0.2) is 11.5 Å². The predicted octanol–water partition coefficient (Wildman–Crippen LogP) is 2.26. The highest BCUT2D eigenvalue weighted by molar-refractivity contribution is 5.74. The maximum Gasteiger partial charge on any atom is 0.319 e. The Morgan fingerprint density at radius 3 is 2.76 bits per heavy atom. The van der Waals surface area contributed by atoms with Crippen LogP contribution >= 0.6 is 0 Å². The zero-order chi connectivity index (χ0) is 20.6. The first kappa shape index (κ1) is 20.5. The summed E-state index contributed by atoms with van der Waals surface area (Å²) < 4.78 is 21.5. The molecule has 2 heterocycles. The summed E-state index contributed by atoms with van der Waals surface area (Å²) in [6.45, 7) is 1.57. The van der Waals surface area contributed by atoms with Gasteiger partial charge in [0.05, 0.1) is 27.9 Å². The van der Waals surface area contributed by atoms with Gasteiger partial charge in [0.1, 0.15) is 6.10 Å². The Hall–Kier alpha value is -3.23. The molecule has 1 fully saturated rings. The number of urea groups is 1. The van der Waals surface area contributed by atoms with Crippen molar-refractivity contribution in [3.63, 3.8) is 0 Å². The quantitative estimate of drug-likeness (QED) is 0.759. The number of carbonyl (C=O) groups excluding carboxylic acids is 1. The van der Waals surface area contributed by atoms with E-state index < -0.39 is 0 Å². The number of piperidine rings is 1. The Bertz CT molecular complexity index is 832. The number of rotatable bonds is 7. The highest BCUT2D eigenvalue weighted by Gasteiger charge is 2.25. The molecule has 9 nitrogen and oxygen atoms in total. The zero-order valence-corrected chi connectivity index (χ0v) is 16.9. The summed E-state index contributed by atoms with van der Waals surface area (Å²) in [4.78, 5) is 22.5. The first-order valence-electron chi connectivity index (χ1n) is 9.40. The number of methoxy groups -OCH3 is 3. The van der Waals surface area contributed by atoms with Gasteiger partial charge in [-0.2, -0.15) is 4.98 Å². The van der Waals surface area contributed by atoms with Gasteiger partial charge in [-0.05, 0) is 30.5 Å². The van der Waals surface area contributed by atoms with E-state index in [9.17, 15) is 4.79 Å². The van der Waals surface area contributed by atoms with Crippen LogP contribution in [0.2, 0.25) is 0 Å². The molecule has 1 unspecified atom stereocenters. The fourth-order valence-electron chi connectivity index (χ4n) is 3.16. The molecule has 1 N–H and O–H groups in total. The van der Waals surface area contributed by atoms with Crippen LogP contribution in [0.1, 0.15) is 18.4 Å². The zero-order valence-electron chi connectivity index (χ0n) is 16.9. The Morgan fingerprint density at radius 2 is 2.00 bits per heavy atom. The van der Waals surface area contributed by atoms with Gasteiger partial charge >= 0.3 is 12.0 Å². The second kappa shape index (κ2) is 9.81. The van der Waals surface area contributed by atoms with Crippen molar-refractivity contribution in [2.24, 2.45) is 0 Å². The number of nitrogens with one attached hydrogen (secondary N) is 1. The van der Waals surface area contributed by atoms with Crippen LogP contribution in [0.3, 0.4) is 0 Å². The van der Waals surface area contributed by atoms with Crippen LogP contribution in [0.25, 0.3) is 0 Å². The fourth-order valence-corrected chi connectivity index (χ4v) is 3.16. The largest absolute Gasteiger partial charge is 0.493 e. The molecule has 156 valence electrons. The van der Waals surface area contributed by atoms with Gasteiger partial charge in [-0.3, -0.25) is 0 Å². The molecule has 0 radical (unpaired) electrons. The molecule has 0 bridgehead atoms. The van der Waals surface area contributed by atoms with Crippen LogP contribution in [-0.4, -0.2) is 61.4 Å². The smallest absolute Gasteiger partial charge is 0.319 e. The van der Waals surface area contributed by atoms with E-state index in [4.69, 9.17) is 18.9 Å². The normalized spacial score (nSPS) is 16.1. The number of nitrogens with zero attached hydrogens (tertiary/aromatic N) is 3. The van der Waals surface area contributed by atoms with E-state index >= 15 is 0 Å². The molecule has 0 spiro atoms. The Balaban J connectivity index is 1.54. The van der Waals surface area contributed by atoms with Crippen LogP contribution in [0, 0.1) is 0 Å². The fraction of sp³-hybridized carbons (Fsp3) is 0.450. The monoisotopic (exact) mass is 402 g/mol. The SMILES string of the molecule is COc1nccc(OC2CCCN(C(=O)NCc3ccc(OC)c(OC)c3)C2)n1. The molecule has 3 rings (SSSR count). The summed E-state index contributed by atoms with van der Waals surface area (Å²) in [7, 11) is 4.68. The van der Waals surface area contributed by atoms with E-state index in [1.165, 1.54) is 7.11 Å². The van der Waals surface area contributed by atoms with Crippen molar-refractivity contribution in [3.8, 4) is 23.4 Å². The molecule has 1 atom stereocenters. The van der Waals surface area contributed by atoms with Gasteiger partial charge in [-0.15, -0.1) is 0 Å². The molecule has 1 aliphatic rings. The molecular weight excluding hydrogens is 376 g/mol. The summed E-state index contributed by atoms with van der Waals surface area (Å²) in [5.74, 6) is 1.72. The van der Waals surface area contributed by atoms with Crippen molar-refractivity contribution >= 4 is 6.03 Å². The predicted molar refractivity (Wildman–Crippen MR) is 106 cm³/mol. The van der Waals surface area contributed by atoms with Crippen LogP contribution in [-0.2, 0) is 6.54 Å². The summed E-state index contributed by atoms with van der Waals surface area (Å²) in [5.41, 5.74) is 0.925. The highest BCUT2D eigenvalue weighted by atomic mass is 16.5. The van der Waals surface area contributed by atoms with Gasteiger partial charge in [0.25, 0.3) is 0 Å². The minimum Gasteiger partial charge on any atom is -0.493 e. The van der Waals surface area contributed by atoms with Crippen molar-refractivity contribution in [2.75, 3.05) is 34.4 Å². The van der Waals surface area contributed by atoms with Gasteiger partial charge < -0.3 is 29.2 Å². The Morgan fingerprint density at radius 1 is 1.17 bits per heavy atom. The van der Waals surface area contributed by atoms with Gasteiger partial charge in [0, 0.05) is 25.4 Å². The average Bonchev–Trinajstić information content (AvgIpc) is 2.77. The van der Waals surface area contributed by atoms with Crippen LogP contribution in [0.15, 0.2) is 30.5 Å². The Kier molecular flexibility index (Phi) is 6.94. The number of ether oxygens (including phenoxy) is 4. The van der Waals surface area contributed by atoms with E-state index in [1.54, 1.807) is 31.4 Å². The summed E-state index contributed by atoms with van der Waals surface area (Å²) >= 11 is 0. The first-order chi connectivity index (χ1) is 14.1. The third-order valence-corrected chi connectivity index (χ3v) is 4.63. The summed E-state index contributed by atoms with van der Waals surface area (Å²) in [5, 5.41) is 2.95. The van der Waals surface area contributed by atoms with E-state index in [-0.39, 0.29) is 18.1 Å². The number of aromatic nitrogens is 2. The minimum absolute atomic E-state index is 0.129. The minimum atomic E-state index is -0.131. The van der Waals surface area contributed by atoms with E-state index in [2.05, 4.69) is 15.3 Å². The van der Waals surface area contributed by atoms with Gasteiger partial charge in [0.2, 0.25) is 5.88 Å². The molecule has 0 saturated carbocycles. The number of benzene rings is 1. The highest BCUT2D eigenvalue weighted by Crippen LogP contribution is 2.27. The van der Waals surface area contributed by atoms with E-state index in [0.717, 1.165) is 18.4 Å². The van der Waals surface area contributed by atoms with Crippen molar-refractivity contribution in [3.05, 3.63) is 36.0 Å². The molecule has 0 aliphatic carbocycles. The molecule has 1 aromatic carbocycles. The van der Waals surface area contributed by atoms with E-state index in [1.807, 2.05) is 18.2 Å². The van der Waals surface area contributed by atoms with Crippen LogP contribution in [0.4, 0.5) is 4.79 Å². The summed E-state index contributed by atoms with van der Waals surface area (Å²) in [6.07, 6.45) is 3.16. The molecular formula is C20H26N4O5. The lowest BCUT2D eigenvalue weighted by molar-refractivity contribution is 0.0969. The second-order valence-corrected chi connectivity index (χ2v) is 6.56. The number of likely N-dealkylation sites (tertiary alicyclic amines) is 1. The van der Waals surface area contributed by atoms with Crippen molar-refractivity contribution in [1.29, 1.82) is 0 Å². The lowest BCUT2D eigenvalue weighted by Crippen LogP contribution is -2.48. The third kappa shape index (κ3) is 5.40. The van der Waals surface area contributed by atoms with Crippen LogP contribution < -0.4 is 24.3 Å². The maximum atomic E-state index is 12.6. The van der Waals surface area contributed by atoms with Crippen molar-refractivity contribution in [1.82, 2.24) is 20.2 Å². The van der Waals surface area contributed by atoms with Gasteiger partial charge in [-0.25, -0.2) is 9.78 Å². The molecule has 1 saturated heterocycles. The summed E-state index contributed by atoms with van der Waals surface area (Å²) in [6, 6.07) is 7.37. The number of hydrogen-bond donors (Lipinski definition) is 1. The topological polar surface area (TPSA) is 95.0 Å². The maximum absolute atomic E-state index is 12.6. The number of carbonyl (C=O) groups is 1. The molecule has 2 amide bonds. The standard InChI is InChI=1S/C20H26N4O5/c1-26-16-7-6-14(11-17(16)27-2)12-22-20(25)24-10-4-5-15(13-24)29-18-8-9-21-19(23-18)28-3/h6-9,11,15H,4-5,10,12-13H2,1-3H3,(H,22,25). The lowest BCUT2D eigenvalue weighted by atomic mass is 10.1. The van der Waals surface area contributed by atoms with Crippen molar-refractivity contribution < 1.29 is 23.7 Å². The number of hydrogen-bond acceptors (Lipinski definition) is 7. The Labute approximate surface area is 169 Å². The molecule has 1 aromatic heterocycles. The van der Waals surface area contributed by atoms with Crippen LogP contribution in [0.5, 0.6) is 23.4 Å². The average molecular weight is 402 g/mol. The number of amides is 2. The molecule has 1 aliphatic heterocycles. The first-order valence-corrected chi connectivity index (χ1v) is 9.40. The van der Waals surface area contributed by atoms with E-state index in [0.29, 0.717) is 37.0 Å². The van der Waals surface area contributed by atoms with Gasteiger partial charge in [-0.1, -0.05) is 6.07 Å². The molecule has 9 heteroatoms.